The molecule has 0 bridgehead atoms. The number of anilines is 1. The number of fused-ring (bicyclic) bond motifs is 2. The minimum atomic E-state index is -0.203. The van der Waals surface area contributed by atoms with E-state index in [1.54, 1.807) is 36.4 Å². The summed E-state index contributed by atoms with van der Waals surface area (Å²) in [5, 5.41) is 9.14. The maximum absolute atomic E-state index is 12.6. The second-order valence-electron chi connectivity index (χ2n) is 4.73. The third-order valence-corrected chi connectivity index (χ3v) is 3.60. The molecule has 2 aromatic carbocycles. The zero-order chi connectivity index (χ0) is 14.3. The van der Waals surface area contributed by atoms with E-state index in [0.717, 1.165) is 0 Å². The molecule has 1 aliphatic carbocycles. The van der Waals surface area contributed by atoms with Gasteiger partial charge in [-0.05, 0) is 24.1 Å². The molecular weight excluding hydrogens is 254 g/mol. The standard InChI is InChI=1S/C16H13NO3/c17-13-6-5-12-14(11(13)7-8-18)16(20)10-4-2-1-3-9(10)15(12)19/h1-6,18H,7-8,17H2. The second kappa shape index (κ2) is 4.58. The number of rotatable bonds is 2. The Hall–Kier alpha value is -2.46. The van der Waals surface area contributed by atoms with Crippen LogP contribution in [0, 0.1) is 0 Å². The average Bonchev–Trinajstić information content (AvgIpc) is 2.47. The Morgan fingerprint density at radius 3 is 2.20 bits per heavy atom. The third-order valence-electron chi connectivity index (χ3n) is 3.60. The number of nitrogen functional groups attached to an aromatic ring is 1. The second-order valence-corrected chi connectivity index (χ2v) is 4.73. The molecule has 4 nitrogen and oxygen atoms in total. The Bertz CT molecular complexity index is 734. The lowest BCUT2D eigenvalue weighted by Crippen LogP contribution is -2.23. The molecule has 0 aromatic heterocycles. The van der Waals surface area contributed by atoms with E-state index in [2.05, 4.69) is 0 Å². The fourth-order valence-electron chi connectivity index (χ4n) is 2.65. The van der Waals surface area contributed by atoms with E-state index in [-0.39, 0.29) is 24.6 Å². The number of hydrogen-bond acceptors (Lipinski definition) is 4. The van der Waals surface area contributed by atoms with Crippen LogP contribution >= 0.6 is 0 Å². The lowest BCUT2D eigenvalue weighted by molar-refractivity contribution is 0.0978. The number of aliphatic hydroxyl groups is 1. The highest BCUT2D eigenvalue weighted by Crippen LogP contribution is 2.32. The molecule has 0 spiro atoms. The van der Waals surface area contributed by atoms with Crippen LogP contribution in [0.25, 0.3) is 0 Å². The average molecular weight is 267 g/mol. The number of hydrogen-bond donors (Lipinski definition) is 2. The lowest BCUT2D eigenvalue weighted by Gasteiger charge is -2.21. The molecular formula is C16H13NO3. The molecule has 1 aliphatic rings. The van der Waals surface area contributed by atoms with E-state index in [9.17, 15) is 9.59 Å². The Morgan fingerprint density at radius 1 is 0.900 bits per heavy atom. The van der Waals surface area contributed by atoms with Crippen molar-refractivity contribution in [3.63, 3.8) is 0 Å². The van der Waals surface area contributed by atoms with Gasteiger partial charge in [0.05, 0.1) is 0 Å². The molecule has 4 heteroatoms. The van der Waals surface area contributed by atoms with Gasteiger partial charge in [-0.25, -0.2) is 0 Å². The van der Waals surface area contributed by atoms with Crippen LogP contribution in [0.1, 0.15) is 37.4 Å². The smallest absolute Gasteiger partial charge is 0.194 e. The topological polar surface area (TPSA) is 80.4 Å². The number of nitrogens with two attached hydrogens (primary N) is 1. The van der Waals surface area contributed by atoms with Crippen LogP contribution < -0.4 is 5.73 Å². The Labute approximate surface area is 115 Å². The molecule has 0 fully saturated rings. The molecule has 100 valence electrons. The SMILES string of the molecule is Nc1ccc2c(c1CCO)C(=O)c1ccccc1C2=O. The molecule has 2 aromatic rings. The monoisotopic (exact) mass is 267 g/mol. The zero-order valence-corrected chi connectivity index (χ0v) is 10.7. The highest BCUT2D eigenvalue weighted by Gasteiger charge is 2.31. The van der Waals surface area contributed by atoms with Crippen LogP contribution in [0.15, 0.2) is 36.4 Å². The van der Waals surface area contributed by atoms with E-state index in [4.69, 9.17) is 10.8 Å². The predicted molar refractivity (Wildman–Crippen MR) is 75.0 cm³/mol. The summed E-state index contributed by atoms with van der Waals surface area (Å²) in [4.78, 5) is 25.1. The van der Waals surface area contributed by atoms with Crippen molar-refractivity contribution in [2.24, 2.45) is 0 Å². The predicted octanol–water partition coefficient (Wildman–Crippen LogP) is 1.58. The maximum atomic E-state index is 12.6. The van der Waals surface area contributed by atoms with Crippen molar-refractivity contribution in [1.82, 2.24) is 0 Å². The summed E-state index contributed by atoms with van der Waals surface area (Å²) in [6, 6.07) is 9.96. The first-order chi connectivity index (χ1) is 9.65. The Kier molecular flexibility index (Phi) is 2.88. The molecule has 0 saturated carbocycles. The summed E-state index contributed by atoms with van der Waals surface area (Å²) in [6.45, 7) is -0.121. The van der Waals surface area contributed by atoms with Crippen molar-refractivity contribution in [3.05, 3.63) is 64.2 Å². The van der Waals surface area contributed by atoms with Gasteiger partial charge in [-0.15, -0.1) is 0 Å². The van der Waals surface area contributed by atoms with E-state index in [0.29, 0.717) is 33.5 Å². The van der Waals surface area contributed by atoms with Gasteiger partial charge in [-0.3, -0.25) is 9.59 Å². The van der Waals surface area contributed by atoms with Gasteiger partial charge >= 0.3 is 0 Å². The summed E-state index contributed by atoms with van der Waals surface area (Å²) < 4.78 is 0. The molecule has 0 aliphatic heterocycles. The van der Waals surface area contributed by atoms with Gasteiger partial charge in [-0.1, -0.05) is 24.3 Å². The quantitative estimate of drug-likeness (QED) is 0.691. The van der Waals surface area contributed by atoms with Gasteiger partial charge < -0.3 is 10.8 Å². The van der Waals surface area contributed by atoms with Crippen LogP contribution in [-0.2, 0) is 6.42 Å². The first-order valence-corrected chi connectivity index (χ1v) is 6.35. The number of benzene rings is 2. The Morgan fingerprint density at radius 2 is 1.55 bits per heavy atom. The van der Waals surface area contributed by atoms with E-state index in [1.807, 2.05) is 0 Å². The number of aliphatic hydroxyl groups excluding tert-OH is 1. The fraction of sp³-hybridized carbons (Fsp3) is 0.125. The third kappa shape index (κ3) is 1.66. The summed E-state index contributed by atoms with van der Waals surface area (Å²) in [5.41, 5.74) is 8.39. The Balaban J connectivity index is 2.31. The van der Waals surface area contributed by atoms with E-state index < -0.39 is 0 Å². The number of carbonyl (C=O) groups is 2. The molecule has 0 radical (unpaired) electrons. The van der Waals surface area contributed by atoms with Gasteiger partial charge in [0, 0.05) is 34.5 Å². The van der Waals surface area contributed by atoms with Gasteiger partial charge in [0.1, 0.15) is 0 Å². The van der Waals surface area contributed by atoms with E-state index >= 15 is 0 Å². The van der Waals surface area contributed by atoms with Crippen molar-refractivity contribution in [2.45, 2.75) is 6.42 Å². The van der Waals surface area contributed by atoms with Crippen molar-refractivity contribution in [1.29, 1.82) is 0 Å². The lowest BCUT2D eigenvalue weighted by atomic mass is 9.81. The fourth-order valence-corrected chi connectivity index (χ4v) is 2.65. The van der Waals surface area contributed by atoms with E-state index in [1.165, 1.54) is 0 Å². The van der Waals surface area contributed by atoms with Crippen LogP contribution in [0.5, 0.6) is 0 Å². The van der Waals surface area contributed by atoms with Crippen LogP contribution in [-0.4, -0.2) is 23.3 Å². The molecule has 3 N–H and O–H groups in total. The molecule has 0 amide bonds. The summed E-state index contributed by atoms with van der Waals surface area (Å²) in [7, 11) is 0. The van der Waals surface area contributed by atoms with Crippen molar-refractivity contribution >= 4 is 17.3 Å². The largest absolute Gasteiger partial charge is 0.398 e. The number of carbonyl (C=O) groups excluding carboxylic acids is 2. The van der Waals surface area contributed by atoms with Crippen molar-refractivity contribution < 1.29 is 14.7 Å². The summed E-state index contributed by atoms with van der Waals surface area (Å²) in [5.74, 6) is -0.375. The molecule has 0 atom stereocenters. The zero-order valence-electron chi connectivity index (χ0n) is 10.7. The van der Waals surface area contributed by atoms with Crippen LogP contribution in [0.2, 0.25) is 0 Å². The van der Waals surface area contributed by atoms with Gasteiger partial charge in [0.25, 0.3) is 0 Å². The van der Waals surface area contributed by atoms with Crippen molar-refractivity contribution in [2.75, 3.05) is 12.3 Å². The highest BCUT2D eigenvalue weighted by molar-refractivity contribution is 6.29. The maximum Gasteiger partial charge on any atom is 0.194 e. The normalized spacial score (nSPS) is 13.1. The number of ketones is 2. The van der Waals surface area contributed by atoms with Crippen LogP contribution in [0.4, 0.5) is 5.69 Å². The van der Waals surface area contributed by atoms with Gasteiger partial charge in [0.2, 0.25) is 0 Å². The molecule has 0 unspecified atom stereocenters. The molecule has 3 rings (SSSR count). The summed E-state index contributed by atoms with van der Waals surface area (Å²) >= 11 is 0. The van der Waals surface area contributed by atoms with Crippen LogP contribution in [0.3, 0.4) is 0 Å². The first kappa shape index (κ1) is 12.6. The van der Waals surface area contributed by atoms with Crippen molar-refractivity contribution in [3.8, 4) is 0 Å². The molecule has 0 saturated heterocycles. The first-order valence-electron chi connectivity index (χ1n) is 6.35. The highest BCUT2D eigenvalue weighted by atomic mass is 16.3. The van der Waals surface area contributed by atoms with Gasteiger partial charge in [0.15, 0.2) is 11.6 Å². The molecule has 0 heterocycles. The summed E-state index contributed by atoms with van der Waals surface area (Å²) in [6.07, 6.45) is 0.260. The minimum Gasteiger partial charge on any atom is -0.398 e. The molecule has 20 heavy (non-hydrogen) atoms. The van der Waals surface area contributed by atoms with Gasteiger partial charge in [-0.2, -0.15) is 0 Å². The minimum absolute atomic E-state index is 0.121.